The van der Waals surface area contributed by atoms with E-state index in [-0.39, 0.29) is 5.91 Å². The number of pyridine rings is 1. The highest BCUT2D eigenvalue weighted by Crippen LogP contribution is 2.17. The zero-order valence-corrected chi connectivity index (χ0v) is 13.3. The summed E-state index contributed by atoms with van der Waals surface area (Å²) < 4.78 is 5.70. The fraction of sp³-hybridized carbons (Fsp3) is 0.118. The van der Waals surface area contributed by atoms with Crippen molar-refractivity contribution in [3.8, 4) is 5.75 Å². The number of benzene rings is 1. The number of carbonyl (C=O) groups excluding carboxylic acids is 1. The van der Waals surface area contributed by atoms with Crippen LogP contribution in [0, 0.1) is 6.92 Å². The number of aromatic nitrogens is 2. The van der Waals surface area contributed by atoms with Crippen molar-refractivity contribution in [3.05, 3.63) is 70.4 Å². The number of ether oxygens (including phenoxy) is 1. The van der Waals surface area contributed by atoms with Gasteiger partial charge in [-0.1, -0.05) is 6.07 Å². The lowest BCUT2D eigenvalue weighted by Gasteiger charge is -2.08. The molecule has 2 aromatic heterocycles. The van der Waals surface area contributed by atoms with Gasteiger partial charge in [-0.05, 0) is 37.3 Å². The first-order chi connectivity index (χ1) is 11.2. The van der Waals surface area contributed by atoms with E-state index in [2.05, 4.69) is 15.3 Å². The van der Waals surface area contributed by atoms with Crippen LogP contribution in [0.15, 0.2) is 54.2 Å². The van der Waals surface area contributed by atoms with Crippen molar-refractivity contribution in [3.63, 3.8) is 0 Å². The quantitative estimate of drug-likeness (QED) is 0.777. The minimum atomic E-state index is -0.201. The van der Waals surface area contributed by atoms with E-state index in [9.17, 15) is 4.79 Å². The van der Waals surface area contributed by atoms with Crippen LogP contribution < -0.4 is 10.1 Å². The van der Waals surface area contributed by atoms with Crippen LogP contribution in [0.5, 0.6) is 5.75 Å². The third-order valence-electron chi connectivity index (χ3n) is 3.07. The molecule has 3 aromatic rings. The Morgan fingerprint density at radius 2 is 2.22 bits per heavy atom. The fourth-order valence-electron chi connectivity index (χ4n) is 2.00. The third-order valence-corrected chi connectivity index (χ3v) is 3.89. The molecule has 0 fully saturated rings. The van der Waals surface area contributed by atoms with Crippen molar-refractivity contribution in [2.45, 2.75) is 13.5 Å². The molecule has 5 nitrogen and oxygen atoms in total. The maximum atomic E-state index is 12.2. The number of rotatable bonds is 5. The molecule has 0 spiro atoms. The second-order valence-electron chi connectivity index (χ2n) is 4.87. The molecule has 23 heavy (non-hydrogen) atoms. The fourth-order valence-corrected chi connectivity index (χ4v) is 2.60. The topological polar surface area (TPSA) is 64.1 Å². The van der Waals surface area contributed by atoms with Crippen LogP contribution in [0.3, 0.4) is 0 Å². The number of thiazole rings is 1. The summed E-state index contributed by atoms with van der Waals surface area (Å²) in [6.07, 6.45) is 3.26. The molecule has 0 saturated carbocycles. The SMILES string of the molecule is Cc1nc(COc2cccc(C(=O)Nc3cccnc3)c2)cs1. The Morgan fingerprint density at radius 3 is 2.96 bits per heavy atom. The van der Waals surface area contributed by atoms with E-state index < -0.39 is 0 Å². The Balaban J connectivity index is 1.65. The van der Waals surface area contributed by atoms with Gasteiger partial charge in [-0.2, -0.15) is 0 Å². The van der Waals surface area contributed by atoms with Gasteiger partial charge in [-0.25, -0.2) is 4.98 Å². The summed E-state index contributed by atoms with van der Waals surface area (Å²) in [7, 11) is 0. The predicted molar refractivity (Wildman–Crippen MR) is 89.8 cm³/mol. The zero-order valence-electron chi connectivity index (χ0n) is 12.5. The van der Waals surface area contributed by atoms with Crippen molar-refractivity contribution in [1.29, 1.82) is 0 Å². The molecule has 0 saturated heterocycles. The van der Waals surface area contributed by atoms with Crippen molar-refractivity contribution >= 4 is 22.9 Å². The van der Waals surface area contributed by atoms with Gasteiger partial charge in [0.05, 0.1) is 22.6 Å². The molecule has 0 atom stereocenters. The van der Waals surface area contributed by atoms with Gasteiger partial charge in [0.25, 0.3) is 5.91 Å². The third kappa shape index (κ3) is 4.14. The first kappa shape index (κ1) is 15.2. The van der Waals surface area contributed by atoms with Crippen LogP contribution in [0.4, 0.5) is 5.69 Å². The summed E-state index contributed by atoms with van der Waals surface area (Å²) in [4.78, 5) is 20.6. The van der Waals surface area contributed by atoms with Crippen LogP contribution in [-0.2, 0) is 6.61 Å². The number of carbonyl (C=O) groups is 1. The van der Waals surface area contributed by atoms with E-state index in [0.29, 0.717) is 23.6 Å². The molecular formula is C17H15N3O2S. The summed E-state index contributed by atoms with van der Waals surface area (Å²) >= 11 is 1.59. The summed E-state index contributed by atoms with van der Waals surface area (Å²) in [6.45, 7) is 2.34. The number of nitrogens with one attached hydrogen (secondary N) is 1. The van der Waals surface area contributed by atoms with E-state index in [1.54, 1.807) is 54.1 Å². The second-order valence-corrected chi connectivity index (χ2v) is 5.93. The zero-order chi connectivity index (χ0) is 16.1. The lowest BCUT2D eigenvalue weighted by molar-refractivity contribution is 0.102. The van der Waals surface area contributed by atoms with Crippen LogP contribution in [-0.4, -0.2) is 15.9 Å². The van der Waals surface area contributed by atoms with Gasteiger partial charge in [0.15, 0.2) is 0 Å². The first-order valence-corrected chi connectivity index (χ1v) is 7.94. The first-order valence-electron chi connectivity index (χ1n) is 7.06. The Morgan fingerprint density at radius 1 is 1.30 bits per heavy atom. The molecule has 2 heterocycles. The molecule has 0 aliphatic heterocycles. The molecule has 1 N–H and O–H groups in total. The normalized spacial score (nSPS) is 10.3. The molecule has 0 bridgehead atoms. The van der Waals surface area contributed by atoms with E-state index in [4.69, 9.17) is 4.74 Å². The molecule has 1 amide bonds. The molecule has 0 aliphatic carbocycles. The molecule has 116 valence electrons. The van der Waals surface area contributed by atoms with Crippen molar-refractivity contribution in [1.82, 2.24) is 9.97 Å². The van der Waals surface area contributed by atoms with E-state index in [0.717, 1.165) is 10.7 Å². The van der Waals surface area contributed by atoms with Gasteiger partial charge < -0.3 is 10.1 Å². The predicted octanol–water partition coefficient (Wildman–Crippen LogP) is 3.68. The standard InChI is InChI=1S/C17H15N3O2S/c1-12-19-15(11-23-12)10-22-16-6-2-4-13(8-16)17(21)20-14-5-3-7-18-9-14/h2-9,11H,10H2,1H3,(H,20,21). The number of amides is 1. The Hall–Kier alpha value is -2.73. The molecule has 0 aliphatic rings. The molecule has 0 unspecified atom stereocenters. The monoisotopic (exact) mass is 325 g/mol. The maximum Gasteiger partial charge on any atom is 0.255 e. The Kier molecular flexibility index (Phi) is 4.63. The molecule has 1 aromatic carbocycles. The van der Waals surface area contributed by atoms with Crippen LogP contribution in [0.2, 0.25) is 0 Å². The van der Waals surface area contributed by atoms with Gasteiger partial charge in [-0.15, -0.1) is 11.3 Å². The summed E-state index contributed by atoms with van der Waals surface area (Å²) in [6, 6.07) is 10.6. The minimum Gasteiger partial charge on any atom is -0.487 e. The van der Waals surface area contributed by atoms with Gasteiger partial charge in [-0.3, -0.25) is 9.78 Å². The van der Waals surface area contributed by atoms with E-state index in [1.165, 1.54) is 0 Å². The molecule has 6 heteroatoms. The molecular weight excluding hydrogens is 310 g/mol. The number of aryl methyl sites for hydroxylation is 1. The second kappa shape index (κ2) is 7.02. The lowest BCUT2D eigenvalue weighted by atomic mass is 10.2. The number of hydrogen-bond acceptors (Lipinski definition) is 5. The van der Waals surface area contributed by atoms with Gasteiger partial charge in [0.1, 0.15) is 12.4 Å². The lowest BCUT2D eigenvalue weighted by Crippen LogP contribution is -2.12. The highest BCUT2D eigenvalue weighted by Gasteiger charge is 2.08. The average Bonchev–Trinajstić information content (AvgIpc) is 3.00. The Labute approximate surface area is 138 Å². The van der Waals surface area contributed by atoms with Gasteiger partial charge in [0, 0.05) is 17.1 Å². The van der Waals surface area contributed by atoms with E-state index in [1.807, 2.05) is 18.4 Å². The Bertz CT molecular complexity index is 802. The maximum absolute atomic E-state index is 12.2. The van der Waals surface area contributed by atoms with Crippen molar-refractivity contribution in [2.24, 2.45) is 0 Å². The summed E-state index contributed by atoms with van der Waals surface area (Å²) in [5, 5.41) is 5.77. The summed E-state index contributed by atoms with van der Waals surface area (Å²) in [5.74, 6) is 0.433. The number of anilines is 1. The van der Waals surface area contributed by atoms with Crippen LogP contribution in [0.1, 0.15) is 21.1 Å². The smallest absolute Gasteiger partial charge is 0.255 e. The van der Waals surface area contributed by atoms with Gasteiger partial charge in [0.2, 0.25) is 0 Å². The van der Waals surface area contributed by atoms with Crippen molar-refractivity contribution < 1.29 is 9.53 Å². The van der Waals surface area contributed by atoms with Crippen LogP contribution in [0.25, 0.3) is 0 Å². The molecule has 3 rings (SSSR count). The minimum absolute atomic E-state index is 0.201. The van der Waals surface area contributed by atoms with Crippen molar-refractivity contribution in [2.75, 3.05) is 5.32 Å². The highest BCUT2D eigenvalue weighted by molar-refractivity contribution is 7.09. The number of nitrogens with zero attached hydrogens (tertiary/aromatic N) is 2. The van der Waals surface area contributed by atoms with Crippen LogP contribution >= 0.6 is 11.3 Å². The largest absolute Gasteiger partial charge is 0.487 e. The van der Waals surface area contributed by atoms with Gasteiger partial charge >= 0.3 is 0 Å². The average molecular weight is 325 g/mol. The number of hydrogen-bond donors (Lipinski definition) is 1. The summed E-state index contributed by atoms with van der Waals surface area (Å²) in [5.41, 5.74) is 2.07. The molecule has 0 radical (unpaired) electrons. The highest BCUT2D eigenvalue weighted by atomic mass is 32.1. The van der Waals surface area contributed by atoms with E-state index >= 15 is 0 Å².